The van der Waals surface area contributed by atoms with E-state index in [1.165, 1.54) is 18.5 Å². The molecule has 0 aliphatic carbocycles. The Morgan fingerprint density at radius 3 is 3.00 bits per heavy atom. The molecule has 0 saturated carbocycles. The van der Waals surface area contributed by atoms with Crippen LogP contribution in [-0.2, 0) is 6.42 Å². The van der Waals surface area contributed by atoms with Crippen LogP contribution in [0.1, 0.15) is 22.6 Å². The van der Waals surface area contributed by atoms with Crippen molar-refractivity contribution < 1.29 is 9.90 Å². The predicted octanol–water partition coefficient (Wildman–Crippen LogP) is 0.455. The number of nitrogens with one attached hydrogen (secondary N) is 2. The maximum absolute atomic E-state index is 11.8. The highest BCUT2D eigenvalue weighted by Crippen LogP contribution is 2.20. The largest absolute Gasteiger partial charge is 0.506 e. The molecule has 0 fully saturated rings. The van der Waals surface area contributed by atoms with Gasteiger partial charge in [0.05, 0.1) is 5.69 Å². The Balaban J connectivity index is 1.79. The molecule has 0 radical (unpaired) electrons. The summed E-state index contributed by atoms with van der Waals surface area (Å²) in [6.45, 7) is 0.519. The molecular weight excluding hydrogens is 246 g/mol. The van der Waals surface area contributed by atoms with Gasteiger partial charge in [-0.15, -0.1) is 0 Å². The van der Waals surface area contributed by atoms with Gasteiger partial charge < -0.3 is 16.2 Å². The molecule has 0 spiro atoms. The van der Waals surface area contributed by atoms with Crippen LogP contribution in [0.25, 0.3) is 0 Å². The van der Waals surface area contributed by atoms with E-state index >= 15 is 0 Å². The smallest absolute Gasteiger partial charge is 0.251 e. The third kappa shape index (κ3) is 3.44. The quantitative estimate of drug-likeness (QED) is 0.354. The number of phenols is 1. The van der Waals surface area contributed by atoms with Crippen molar-refractivity contribution in [3.8, 4) is 5.75 Å². The van der Waals surface area contributed by atoms with Crippen molar-refractivity contribution in [2.75, 3.05) is 12.3 Å². The fourth-order valence-corrected chi connectivity index (χ4v) is 1.60. The minimum absolute atomic E-state index is 0.0886. The zero-order valence-corrected chi connectivity index (χ0v) is 10.3. The second-order valence-corrected chi connectivity index (χ2v) is 4.07. The van der Waals surface area contributed by atoms with Gasteiger partial charge in [-0.3, -0.25) is 9.89 Å². The van der Waals surface area contributed by atoms with Gasteiger partial charge in [-0.05, 0) is 24.6 Å². The second-order valence-electron chi connectivity index (χ2n) is 4.07. The summed E-state index contributed by atoms with van der Waals surface area (Å²) in [7, 11) is 0. The number of aryl methyl sites for hydroxylation is 1. The van der Waals surface area contributed by atoms with Crippen LogP contribution in [0.4, 0.5) is 5.69 Å². The molecular formula is C12H15N5O2. The zero-order chi connectivity index (χ0) is 13.7. The number of aromatic hydroxyl groups is 1. The van der Waals surface area contributed by atoms with Crippen LogP contribution in [0, 0.1) is 0 Å². The number of carbonyl (C=O) groups is 1. The Labute approximate surface area is 109 Å². The summed E-state index contributed by atoms with van der Waals surface area (Å²) in [5, 5.41) is 18.7. The number of aromatic amines is 1. The second kappa shape index (κ2) is 5.85. The molecule has 0 atom stereocenters. The SMILES string of the molecule is Nc1ccc(C(=O)NCCCc2ncn[nH]2)cc1O. The van der Waals surface area contributed by atoms with Crippen molar-refractivity contribution in [1.29, 1.82) is 0 Å². The van der Waals surface area contributed by atoms with Crippen LogP contribution in [0.3, 0.4) is 0 Å². The van der Waals surface area contributed by atoms with Crippen molar-refractivity contribution in [3.05, 3.63) is 35.9 Å². The van der Waals surface area contributed by atoms with E-state index in [0.717, 1.165) is 12.2 Å². The first-order valence-electron chi connectivity index (χ1n) is 5.88. The van der Waals surface area contributed by atoms with Crippen LogP contribution in [0.2, 0.25) is 0 Å². The summed E-state index contributed by atoms with van der Waals surface area (Å²) in [4.78, 5) is 15.8. The lowest BCUT2D eigenvalue weighted by molar-refractivity contribution is 0.0953. The molecule has 0 aliphatic heterocycles. The number of nitrogens with two attached hydrogens (primary N) is 1. The normalized spacial score (nSPS) is 10.3. The predicted molar refractivity (Wildman–Crippen MR) is 69.6 cm³/mol. The third-order valence-corrected chi connectivity index (χ3v) is 2.63. The molecule has 1 heterocycles. The monoisotopic (exact) mass is 261 g/mol. The highest BCUT2D eigenvalue weighted by atomic mass is 16.3. The van der Waals surface area contributed by atoms with Crippen molar-refractivity contribution >= 4 is 11.6 Å². The number of H-pyrrole nitrogens is 1. The van der Waals surface area contributed by atoms with Gasteiger partial charge in [-0.2, -0.15) is 5.10 Å². The van der Waals surface area contributed by atoms with Gasteiger partial charge in [-0.1, -0.05) is 0 Å². The summed E-state index contributed by atoms with van der Waals surface area (Å²) in [5.74, 6) is 0.460. The topological polar surface area (TPSA) is 117 Å². The standard InChI is InChI=1S/C12H15N5O2/c13-9-4-3-8(6-10(9)18)12(19)14-5-1-2-11-15-7-16-17-11/h3-4,6-7,18H,1-2,5,13H2,(H,14,19)(H,15,16,17). The molecule has 100 valence electrons. The number of aromatic nitrogens is 3. The summed E-state index contributed by atoms with van der Waals surface area (Å²) in [5.41, 5.74) is 6.10. The van der Waals surface area contributed by atoms with E-state index in [2.05, 4.69) is 20.5 Å². The number of rotatable bonds is 5. The highest BCUT2D eigenvalue weighted by Gasteiger charge is 2.07. The lowest BCUT2D eigenvalue weighted by Crippen LogP contribution is -2.24. The van der Waals surface area contributed by atoms with Crippen LogP contribution in [0.5, 0.6) is 5.75 Å². The van der Waals surface area contributed by atoms with E-state index in [1.54, 1.807) is 6.07 Å². The van der Waals surface area contributed by atoms with Crippen LogP contribution < -0.4 is 11.1 Å². The Morgan fingerprint density at radius 1 is 1.47 bits per heavy atom. The molecule has 2 aromatic rings. The Bertz CT molecular complexity index is 553. The molecule has 1 amide bonds. The minimum Gasteiger partial charge on any atom is -0.506 e. The van der Waals surface area contributed by atoms with Crippen molar-refractivity contribution in [3.63, 3.8) is 0 Å². The lowest BCUT2D eigenvalue weighted by atomic mass is 10.1. The van der Waals surface area contributed by atoms with E-state index in [0.29, 0.717) is 18.5 Å². The van der Waals surface area contributed by atoms with Gasteiger partial charge in [-0.25, -0.2) is 4.98 Å². The maximum atomic E-state index is 11.8. The maximum Gasteiger partial charge on any atom is 0.251 e. The number of anilines is 1. The number of hydrogen-bond donors (Lipinski definition) is 4. The van der Waals surface area contributed by atoms with Crippen LogP contribution in [0.15, 0.2) is 24.5 Å². The number of benzene rings is 1. The van der Waals surface area contributed by atoms with E-state index < -0.39 is 0 Å². The van der Waals surface area contributed by atoms with Crippen molar-refractivity contribution in [2.45, 2.75) is 12.8 Å². The molecule has 1 aromatic carbocycles. The van der Waals surface area contributed by atoms with Gasteiger partial charge in [0.1, 0.15) is 17.9 Å². The van der Waals surface area contributed by atoms with E-state index in [1.807, 2.05) is 0 Å². The van der Waals surface area contributed by atoms with Crippen molar-refractivity contribution in [2.24, 2.45) is 0 Å². The van der Waals surface area contributed by atoms with E-state index in [-0.39, 0.29) is 17.3 Å². The van der Waals surface area contributed by atoms with E-state index in [9.17, 15) is 9.90 Å². The molecule has 7 nitrogen and oxygen atoms in total. The number of nitrogens with zero attached hydrogens (tertiary/aromatic N) is 2. The molecule has 7 heteroatoms. The number of carbonyl (C=O) groups excluding carboxylic acids is 1. The molecule has 0 bridgehead atoms. The first-order chi connectivity index (χ1) is 9.16. The number of nitrogen functional groups attached to an aromatic ring is 1. The number of hydrogen-bond acceptors (Lipinski definition) is 5. The Hall–Kier alpha value is -2.57. The summed E-state index contributed by atoms with van der Waals surface area (Å²) in [6, 6.07) is 4.42. The third-order valence-electron chi connectivity index (χ3n) is 2.63. The van der Waals surface area contributed by atoms with Gasteiger partial charge in [0, 0.05) is 18.5 Å². The molecule has 19 heavy (non-hydrogen) atoms. The van der Waals surface area contributed by atoms with Gasteiger partial charge in [0.25, 0.3) is 5.91 Å². The molecule has 0 aliphatic rings. The fourth-order valence-electron chi connectivity index (χ4n) is 1.60. The average molecular weight is 261 g/mol. The first-order valence-corrected chi connectivity index (χ1v) is 5.88. The van der Waals surface area contributed by atoms with Gasteiger partial charge in [0.15, 0.2) is 0 Å². The zero-order valence-electron chi connectivity index (χ0n) is 10.3. The Morgan fingerprint density at radius 2 is 2.32 bits per heavy atom. The fraction of sp³-hybridized carbons (Fsp3) is 0.250. The van der Waals surface area contributed by atoms with Crippen LogP contribution in [-0.4, -0.2) is 32.7 Å². The molecule has 0 unspecified atom stereocenters. The summed E-state index contributed by atoms with van der Waals surface area (Å²) >= 11 is 0. The molecule has 2 rings (SSSR count). The highest BCUT2D eigenvalue weighted by molar-refractivity contribution is 5.95. The van der Waals surface area contributed by atoms with E-state index in [4.69, 9.17) is 5.73 Å². The van der Waals surface area contributed by atoms with Crippen LogP contribution >= 0.6 is 0 Å². The van der Waals surface area contributed by atoms with Gasteiger partial charge >= 0.3 is 0 Å². The van der Waals surface area contributed by atoms with Gasteiger partial charge in [0.2, 0.25) is 0 Å². The molecule has 5 N–H and O–H groups in total. The molecule has 0 saturated heterocycles. The average Bonchev–Trinajstić information content (AvgIpc) is 2.91. The summed E-state index contributed by atoms with van der Waals surface area (Å²) in [6.07, 6.45) is 2.92. The summed E-state index contributed by atoms with van der Waals surface area (Å²) < 4.78 is 0. The first kappa shape index (κ1) is 12.9. The minimum atomic E-state index is -0.243. The van der Waals surface area contributed by atoms with Crippen molar-refractivity contribution in [1.82, 2.24) is 20.5 Å². The number of phenolic OH excluding ortho intramolecular Hbond substituents is 1. The lowest BCUT2D eigenvalue weighted by Gasteiger charge is -2.06. The molecule has 1 aromatic heterocycles. The Kier molecular flexibility index (Phi) is 3.97. The number of amides is 1.